The van der Waals surface area contributed by atoms with Crippen LogP contribution in [0.4, 0.5) is 0 Å². The molecule has 2 aromatic rings. The van der Waals surface area contributed by atoms with Gasteiger partial charge < -0.3 is 10.1 Å². The second kappa shape index (κ2) is 4.00. The maximum atomic E-state index is 10.6. The highest BCUT2D eigenvalue weighted by atomic mass is 16.4. The minimum atomic E-state index is -0.745. The Balaban J connectivity index is 2.46. The van der Waals surface area contributed by atoms with Crippen LogP contribution in [0, 0.1) is 13.8 Å². The molecule has 0 bridgehead atoms. The maximum Gasteiger partial charge on any atom is 0.303 e. The number of benzene rings is 1. The number of nitrogens with one attached hydrogen (secondary N) is 1. The summed E-state index contributed by atoms with van der Waals surface area (Å²) in [6.07, 6.45) is 2.70. The van der Waals surface area contributed by atoms with Gasteiger partial charge in [0.05, 0.1) is 0 Å². The van der Waals surface area contributed by atoms with Crippen LogP contribution in [0.2, 0.25) is 0 Å². The van der Waals surface area contributed by atoms with Crippen molar-refractivity contribution in [2.24, 2.45) is 0 Å². The molecule has 0 fully saturated rings. The van der Waals surface area contributed by atoms with E-state index in [1.807, 2.05) is 26.1 Å². The van der Waals surface area contributed by atoms with Crippen molar-refractivity contribution in [3.8, 4) is 0 Å². The van der Waals surface area contributed by atoms with Crippen molar-refractivity contribution in [1.29, 1.82) is 0 Å². The largest absolute Gasteiger partial charge is 0.481 e. The molecule has 0 unspecified atom stereocenters. The summed E-state index contributed by atoms with van der Waals surface area (Å²) in [6.45, 7) is 4.08. The third kappa shape index (κ3) is 1.81. The highest BCUT2D eigenvalue weighted by molar-refractivity contribution is 5.84. The number of rotatable bonds is 3. The first-order valence-electron chi connectivity index (χ1n) is 5.37. The Hall–Kier alpha value is -1.77. The third-order valence-corrected chi connectivity index (χ3v) is 3.04. The summed E-state index contributed by atoms with van der Waals surface area (Å²) in [4.78, 5) is 13.8. The molecule has 0 aliphatic heterocycles. The van der Waals surface area contributed by atoms with Crippen molar-refractivity contribution < 1.29 is 9.90 Å². The molecule has 84 valence electrons. The van der Waals surface area contributed by atoms with E-state index >= 15 is 0 Å². The highest BCUT2D eigenvalue weighted by Crippen LogP contribution is 2.25. The average Bonchev–Trinajstić information content (AvgIpc) is 2.64. The standard InChI is InChI=1S/C13H15NO2/c1-8-7-10-5-6-14-13(10)9(2)11(8)3-4-12(15)16/h5-7,14H,3-4H2,1-2H3,(H,15,16). The van der Waals surface area contributed by atoms with E-state index in [0.29, 0.717) is 6.42 Å². The first-order valence-corrected chi connectivity index (χ1v) is 5.37. The number of hydrogen-bond acceptors (Lipinski definition) is 1. The fraction of sp³-hybridized carbons (Fsp3) is 0.308. The fourth-order valence-electron chi connectivity index (χ4n) is 2.21. The van der Waals surface area contributed by atoms with E-state index in [1.54, 1.807) is 0 Å². The summed E-state index contributed by atoms with van der Waals surface area (Å²) in [7, 11) is 0. The smallest absolute Gasteiger partial charge is 0.303 e. The van der Waals surface area contributed by atoms with Crippen LogP contribution in [0.3, 0.4) is 0 Å². The topological polar surface area (TPSA) is 53.1 Å². The maximum absolute atomic E-state index is 10.6. The molecule has 0 amide bonds. The molecule has 0 radical (unpaired) electrons. The van der Waals surface area contributed by atoms with Crippen molar-refractivity contribution in [2.45, 2.75) is 26.7 Å². The Morgan fingerprint density at radius 2 is 2.19 bits per heavy atom. The van der Waals surface area contributed by atoms with Gasteiger partial charge in [-0.15, -0.1) is 0 Å². The molecule has 16 heavy (non-hydrogen) atoms. The van der Waals surface area contributed by atoms with Crippen LogP contribution in [0.15, 0.2) is 18.3 Å². The highest BCUT2D eigenvalue weighted by Gasteiger charge is 2.09. The van der Waals surface area contributed by atoms with Gasteiger partial charge in [-0.2, -0.15) is 0 Å². The van der Waals surface area contributed by atoms with Gasteiger partial charge in [-0.3, -0.25) is 4.79 Å². The lowest BCUT2D eigenvalue weighted by atomic mass is 9.96. The van der Waals surface area contributed by atoms with E-state index in [1.165, 1.54) is 16.5 Å². The molecule has 0 saturated carbocycles. The van der Waals surface area contributed by atoms with E-state index < -0.39 is 5.97 Å². The van der Waals surface area contributed by atoms with E-state index in [-0.39, 0.29) is 6.42 Å². The lowest BCUT2D eigenvalue weighted by molar-refractivity contribution is -0.136. The molecule has 3 nitrogen and oxygen atoms in total. The van der Waals surface area contributed by atoms with Crippen LogP contribution < -0.4 is 0 Å². The number of carbonyl (C=O) groups is 1. The van der Waals surface area contributed by atoms with E-state index in [4.69, 9.17) is 5.11 Å². The van der Waals surface area contributed by atoms with Crippen molar-refractivity contribution in [1.82, 2.24) is 4.98 Å². The van der Waals surface area contributed by atoms with Gasteiger partial charge in [0.15, 0.2) is 0 Å². The zero-order valence-corrected chi connectivity index (χ0v) is 9.50. The number of H-pyrrole nitrogens is 1. The van der Waals surface area contributed by atoms with Crippen LogP contribution in [-0.4, -0.2) is 16.1 Å². The molecule has 0 saturated heterocycles. The molecule has 0 aliphatic rings. The molecule has 0 aliphatic carbocycles. The van der Waals surface area contributed by atoms with E-state index in [9.17, 15) is 4.79 Å². The first kappa shape index (κ1) is 10.7. The number of aliphatic carboxylic acids is 1. The molecular formula is C13H15NO2. The van der Waals surface area contributed by atoms with Gasteiger partial charge in [-0.25, -0.2) is 0 Å². The third-order valence-electron chi connectivity index (χ3n) is 3.04. The van der Waals surface area contributed by atoms with E-state index in [0.717, 1.165) is 11.1 Å². The summed E-state index contributed by atoms with van der Waals surface area (Å²) >= 11 is 0. The summed E-state index contributed by atoms with van der Waals surface area (Å²) in [5, 5.41) is 9.91. The lowest BCUT2D eigenvalue weighted by Gasteiger charge is -2.10. The van der Waals surface area contributed by atoms with Gasteiger partial charge in [0, 0.05) is 18.1 Å². The number of hydrogen-bond donors (Lipinski definition) is 2. The van der Waals surface area contributed by atoms with Crippen molar-refractivity contribution in [3.63, 3.8) is 0 Å². The molecule has 1 heterocycles. The molecule has 0 atom stereocenters. The van der Waals surface area contributed by atoms with Crippen molar-refractivity contribution >= 4 is 16.9 Å². The second-order valence-electron chi connectivity index (χ2n) is 4.13. The summed E-state index contributed by atoms with van der Waals surface area (Å²) in [5.74, 6) is -0.745. The molecule has 0 spiro atoms. The van der Waals surface area contributed by atoms with Crippen LogP contribution in [-0.2, 0) is 11.2 Å². The van der Waals surface area contributed by atoms with Crippen LogP contribution in [0.5, 0.6) is 0 Å². The Kier molecular flexibility index (Phi) is 2.69. The normalized spacial score (nSPS) is 10.9. The Morgan fingerprint density at radius 3 is 2.88 bits per heavy atom. The number of aryl methyl sites for hydroxylation is 2. The Bertz CT molecular complexity index is 540. The zero-order chi connectivity index (χ0) is 11.7. The van der Waals surface area contributed by atoms with Gasteiger partial charge >= 0.3 is 5.97 Å². The van der Waals surface area contributed by atoms with Crippen molar-refractivity contribution in [2.75, 3.05) is 0 Å². The van der Waals surface area contributed by atoms with Crippen molar-refractivity contribution in [3.05, 3.63) is 35.0 Å². The number of aromatic amines is 1. The van der Waals surface area contributed by atoms with Crippen LogP contribution >= 0.6 is 0 Å². The van der Waals surface area contributed by atoms with Crippen LogP contribution in [0.1, 0.15) is 23.1 Å². The monoisotopic (exact) mass is 217 g/mol. The zero-order valence-electron chi connectivity index (χ0n) is 9.50. The number of carboxylic acids is 1. The van der Waals surface area contributed by atoms with Gasteiger partial charge in [0.2, 0.25) is 0 Å². The molecular weight excluding hydrogens is 202 g/mol. The number of aromatic nitrogens is 1. The minimum Gasteiger partial charge on any atom is -0.481 e. The molecule has 2 N–H and O–H groups in total. The SMILES string of the molecule is Cc1cc2cc[nH]c2c(C)c1CCC(=O)O. The molecule has 2 rings (SSSR count). The van der Waals surface area contributed by atoms with E-state index in [2.05, 4.69) is 11.1 Å². The number of carboxylic acid groups (broad SMARTS) is 1. The average molecular weight is 217 g/mol. The van der Waals surface area contributed by atoms with Gasteiger partial charge in [-0.05, 0) is 54.5 Å². The molecule has 1 aromatic heterocycles. The number of fused-ring (bicyclic) bond motifs is 1. The van der Waals surface area contributed by atoms with Gasteiger partial charge in [0.1, 0.15) is 0 Å². The molecule has 3 heteroatoms. The van der Waals surface area contributed by atoms with Crippen LogP contribution in [0.25, 0.3) is 10.9 Å². The fourth-order valence-corrected chi connectivity index (χ4v) is 2.21. The minimum absolute atomic E-state index is 0.188. The summed E-state index contributed by atoms with van der Waals surface area (Å²) in [5.41, 5.74) is 4.61. The summed E-state index contributed by atoms with van der Waals surface area (Å²) in [6, 6.07) is 4.15. The predicted molar refractivity (Wildman–Crippen MR) is 63.7 cm³/mol. The summed E-state index contributed by atoms with van der Waals surface area (Å²) < 4.78 is 0. The predicted octanol–water partition coefficient (Wildman–Crippen LogP) is 2.80. The Labute approximate surface area is 94.1 Å². The van der Waals surface area contributed by atoms with Gasteiger partial charge in [0.25, 0.3) is 0 Å². The first-order chi connectivity index (χ1) is 7.59. The lowest BCUT2D eigenvalue weighted by Crippen LogP contribution is -2.01. The second-order valence-corrected chi connectivity index (χ2v) is 4.13. The molecule has 1 aromatic carbocycles. The quantitative estimate of drug-likeness (QED) is 0.830. The van der Waals surface area contributed by atoms with Gasteiger partial charge in [-0.1, -0.05) is 0 Å². The Morgan fingerprint density at radius 1 is 1.44 bits per heavy atom.